The van der Waals surface area contributed by atoms with E-state index in [1.54, 1.807) is 7.11 Å². The largest absolute Gasteiger partial charge is 0.497 e. The van der Waals surface area contributed by atoms with Crippen molar-refractivity contribution in [3.8, 4) is 17.2 Å². The van der Waals surface area contributed by atoms with Crippen molar-refractivity contribution < 1.29 is 19.0 Å². The van der Waals surface area contributed by atoms with E-state index in [9.17, 15) is 4.79 Å². The third-order valence-electron chi connectivity index (χ3n) is 5.71. The van der Waals surface area contributed by atoms with Gasteiger partial charge in [-0.05, 0) is 47.7 Å². The van der Waals surface area contributed by atoms with Crippen LogP contribution in [0.1, 0.15) is 43.4 Å². The van der Waals surface area contributed by atoms with Crippen LogP contribution in [0.15, 0.2) is 42.5 Å². The summed E-state index contributed by atoms with van der Waals surface area (Å²) in [5.41, 5.74) is 2.62. The first-order valence-corrected chi connectivity index (χ1v) is 11.8. The zero-order chi connectivity index (χ0) is 22.2. The summed E-state index contributed by atoms with van der Waals surface area (Å²) in [7, 11) is 1.70. The smallest absolute Gasteiger partial charge is 0.231 e. The number of rotatable bonds is 6. The Labute approximate surface area is 192 Å². The number of amides is 1. The highest BCUT2D eigenvalue weighted by atomic mass is 79.9. The zero-order valence-electron chi connectivity index (χ0n) is 18.3. The number of methoxy groups -OCH3 is 1. The Balaban J connectivity index is 0.000000293. The van der Waals surface area contributed by atoms with Crippen molar-refractivity contribution in [3.63, 3.8) is 0 Å². The molecule has 31 heavy (non-hydrogen) atoms. The number of fused-ring (bicyclic) bond motifs is 1. The fourth-order valence-electron chi connectivity index (χ4n) is 3.97. The quantitative estimate of drug-likeness (QED) is 0.587. The van der Waals surface area contributed by atoms with E-state index in [1.165, 1.54) is 11.1 Å². The van der Waals surface area contributed by atoms with E-state index in [1.807, 2.05) is 25.1 Å². The van der Waals surface area contributed by atoms with Gasteiger partial charge in [0, 0.05) is 25.0 Å². The van der Waals surface area contributed by atoms with Crippen LogP contribution in [0.25, 0.3) is 0 Å². The Hall–Kier alpha value is -2.25. The minimum absolute atomic E-state index is 0.0619. The van der Waals surface area contributed by atoms with E-state index in [4.69, 9.17) is 14.2 Å². The van der Waals surface area contributed by atoms with Gasteiger partial charge in [-0.15, -0.1) is 0 Å². The lowest BCUT2D eigenvalue weighted by Crippen LogP contribution is -2.24. The van der Waals surface area contributed by atoms with Crippen LogP contribution in [0.3, 0.4) is 0 Å². The standard InChI is InChI=1S/C19H21NO3.C5H10BrNO/c1-12-16(14-5-8-17-18(9-14)23-11-22-17)10-20-19(12)13-3-6-15(21-2)7-4-13;1-2-3-7-5(8)4-6/h3-9,12,16,19-20H,10-11H2,1-2H3;2-4H2,1H3,(H,7,8)/t12-,16?,19+;/m0./s1. The summed E-state index contributed by atoms with van der Waals surface area (Å²) in [6, 6.07) is 15.0. The molecule has 0 spiro atoms. The molecule has 1 unspecified atom stereocenters. The fraction of sp³-hybridized carbons (Fsp3) is 0.458. The van der Waals surface area contributed by atoms with Gasteiger partial charge in [-0.1, -0.05) is 48.0 Å². The third kappa shape index (κ3) is 5.92. The molecule has 1 fully saturated rings. The van der Waals surface area contributed by atoms with Crippen molar-refractivity contribution in [3.05, 3.63) is 53.6 Å². The molecule has 1 saturated heterocycles. The summed E-state index contributed by atoms with van der Waals surface area (Å²) in [5.74, 6) is 3.64. The second-order valence-corrected chi connectivity index (χ2v) is 8.28. The third-order valence-corrected chi connectivity index (χ3v) is 6.22. The van der Waals surface area contributed by atoms with E-state index >= 15 is 0 Å². The Morgan fingerprint density at radius 1 is 1.16 bits per heavy atom. The van der Waals surface area contributed by atoms with Crippen molar-refractivity contribution >= 4 is 21.8 Å². The van der Waals surface area contributed by atoms with Crippen LogP contribution < -0.4 is 24.8 Å². The Morgan fingerprint density at radius 2 is 1.87 bits per heavy atom. The summed E-state index contributed by atoms with van der Waals surface area (Å²) in [6.45, 7) is 6.41. The van der Waals surface area contributed by atoms with Gasteiger partial charge in [-0.2, -0.15) is 0 Å². The minimum atomic E-state index is 0.0619. The number of halogens is 1. The van der Waals surface area contributed by atoms with E-state index in [0.717, 1.165) is 36.8 Å². The zero-order valence-corrected chi connectivity index (χ0v) is 19.9. The number of benzene rings is 2. The molecule has 2 aliphatic heterocycles. The van der Waals surface area contributed by atoms with Gasteiger partial charge < -0.3 is 24.8 Å². The Kier molecular flexibility index (Phi) is 8.60. The van der Waals surface area contributed by atoms with Crippen molar-refractivity contribution in [2.75, 3.05) is 32.3 Å². The maximum absolute atomic E-state index is 10.4. The molecule has 2 heterocycles. The van der Waals surface area contributed by atoms with Crippen molar-refractivity contribution in [1.82, 2.24) is 10.6 Å². The number of carbonyl (C=O) groups is 1. The number of alkyl halides is 1. The molecule has 0 bridgehead atoms. The highest BCUT2D eigenvalue weighted by Gasteiger charge is 2.34. The van der Waals surface area contributed by atoms with Gasteiger partial charge in [0.2, 0.25) is 12.7 Å². The molecular formula is C24H31BrN2O4. The van der Waals surface area contributed by atoms with Crippen LogP contribution in [0.5, 0.6) is 17.2 Å². The first-order valence-electron chi connectivity index (χ1n) is 10.7. The summed E-state index contributed by atoms with van der Waals surface area (Å²) in [6.07, 6.45) is 0.999. The van der Waals surface area contributed by atoms with Gasteiger partial charge in [0.05, 0.1) is 12.4 Å². The van der Waals surface area contributed by atoms with Gasteiger partial charge >= 0.3 is 0 Å². The number of nitrogens with one attached hydrogen (secondary N) is 2. The van der Waals surface area contributed by atoms with Crippen LogP contribution in [-0.4, -0.2) is 38.2 Å². The first-order chi connectivity index (χ1) is 15.1. The van der Waals surface area contributed by atoms with Gasteiger partial charge in [0.25, 0.3) is 0 Å². The topological polar surface area (TPSA) is 68.8 Å². The fourth-order valence-corrected chi connectivity index (χ4v) is 4.17. The molecule has 168 valence electrons. The molecule has 0 radical (unpaired) electrons. The maximum Gasteiger partial charge on any atom is 0.231 e. The molecule has 0 saturated carbocycles. The second kappa shape index (κ2) is 11.4. The maximum atomic E-state index is 10.4. The summed E-state index contributed by atoms with van der Waals surface area (Å²) >= 11 is 3.03. The number of ether oxygens (including phenoxy) is 3. The second-order valence-electron chi connectivity index (χ2n) is 7.72. The lowest BCUT2D eigenvalue weighted by molar-refractivity contribution is -0.118. The average molecular weight is 491 g/mol. The molecule has 2 aliphatic rings. The average Bonchev–Trinajstić information content (AvgIpc) is 3.43. The number of carbonyl (C=O) groups excluding carboxylic acids is 1. The summed E-state index contributed by atoms with van der Waals surface area (Å²) in [5, 5.41) is 6.77. The van der Waals surface area contributed by atoms with Gasteiger partial charge in [-0.3, -0.25) is 4.79 Å². The van der Waals surface area contributed by atoms with Crippen LogP contribution in [0, 0.1) is 5.92 Å². The summed E-state index contributed by atoms with van der Waals surface area (Å²) in [4.78, 5) is 10.4. The predicted molar refractivity (Wildman–Crippen MR) is 125 cm³/mol. The summed E-state index contributed by atoms with van der Waals surface area (Å²) < 4.78 is 16.2. The molecule has 7 heteroatoms. The Morgan fingerprint density at radius 3 is 2.55 bits per heavy atom. The highest BCUT2D eigenvalue weighted by molar-refractivity contribution is 9.09. The number of hydrogen-bond acceptors (Lipinski definition) is 5. The molecular weight excluding hydrogens is 460 g/mol. The Bertz CT molecular complexity index is 859. The number of hydrogen-bond donors (Lipinski definition) is 2. The molecule has 4 rings (SSSR count). The monoisotopic (exact) mass is 490 g/mol. The molecule has 2 aromatic carbocycles. The normalized spacial score (nSPS) is 21.2. The molecule has 3 atom stereocenters. The molecule has 1 amide bonds. The highest BCUT2D eigenvalue weighted by Crippen LogP contribution is 2.42. The van der Waals surface area contributed by atoms with E-state index in [2.05, 4.69) is 57.8 Å². The molecule has 0 aliphatic carbocycles. The van der Waals surface area contributed by atoms with Crippen LogP contribution in [0.4, 0.5) is 0 Å². The lowest BCUT2D eigenvalue weighted by Gasteiger charge is -2.21. The molecule has 0 aromatic heterocycles. The molecule has 2 aromatic rings. The van der Waals surface area contributed by atoms with E-state index in [0.29, 0.717) is 30.0 Å². The van der Waals surface area contributed by atoms with Crippen LogP contribution >= 0.6 is 15.9 Å². The van der Waals surface area contributed by atoms with Crippen molar-refractivity contribution in [2.24, 2.45) is 5.92 Å². The minimum Gasteiger partial charge on any atom is -0.497 e. The van der Waals surface area contributed by atoms with Gasteiger partial charge in [-0.25, -0.2) is 0 Å². The van der Waals surface area contributed by atoms with E-state index < -0.39 is 0 Å². The molecule has 2 N–H and O–H groups in total. The van der Waals surface area contributed by atoms with Crippen LogP contribution in [-0.2, 0) is 4.79 Å². The van der Waals surface area contributed by atoms with Crippen LogP contribution in [0.2, 0.25) is 0 Å². The molecule has 6 nitrogen and oxygen atoms in total. The van der Waals surface area contributed by atoms with Gasteiger partial charge in [0.15, 0.2) is 11.5 Å². The predicted octanol–water partition coefficient (Wildman–Crippen LogP) is 4.40. The first kappa shape index (κ1) is 23.4. The van der Waals surface area contributed by atoms with Crippen molar-refractivity contribution in [1.29, 1.82) is 0 Å². The van der Waals surface area contributed by atoms with Gasteiger partial charge in [0.1, 0.15) is 5.75 Å². The SMILES string of the molecule is CCCNC(=O)CBr.COc1ccc([C@@H]2NCC(c3ccc4c(c3)OCO4)[C@@H]2C)cc1. The van der Waals surface area contributed by atoms with Crippen molar-refractivity contribution in [2.45, 2.75) is 32.2 Å². The van der Waals surface area contributed by atoms with E-state index in [-0.39, 0.29) is 5.91 Å². The lowest BCUT2D eigenvalue weighted by atomic mass is 9.84.